The van der Waals surface area contributed by atoms with Crippen molar-refractivity contribution >= 4 is 17.7 Å². The predicted octanol–water partition coefficient (Wildman–Crippen LogP) is 2.32. The fourth-order valence-electron chi connectivity index (χ4n) is 1.51. The van der Waals surface area contributed by atoms with Crippen LogP contribution in [0.5, 0.6) is 0 Å². The van der Waals surface area contributed by atoms with E-state index in [9.17, 15) is 4.79 Å². The molecule has 0 radical (unpaired) electrons. The van der Waals surface area contributed by atoms with Crippen LogP contribution in [0.3, 0.4) is 0 Å². The molecule has 1 aromatic carbocycles. The summed E-state index contributed by atoms with van der Waals surface area (Å²) in [4.78, 5) is 14.8. The Morgan fingerprint density at radius 1 is 1.40 bits per heavy atom. The molecule has 0 aromatic heterocycles. The van der Waals surface area contributed by atoms with Crippen molar-refractivity contribution in [3.8, 4) is 0 Å². The quantitative estimate of drug-likeness (QED) is 0.730. The summed E-state index contributed by atoms with van der Waals surface area (Å²) in [7, 11) is 0. The highest BCUT2D eigenvalue weighted by molar-refractivity contribution is 8.00. The van der Waals surface area contributed by atoms with Gasteiger partial charge in [-0.05, 0) is 25.0 Å². The Kier molecular flexibility index (Phi) is 3.31. The molecule has 1 aliphatic rings. The lowest BCUT2D eigenvalue weighted by molar-refractivity contribution is -0.131. The van der Waals surface area contributed by atoms with E-state index < -0.39 is 0 Å². The van der Waals surface area contributed by atoms with Crippen molar-refractivity contribution in [3.63, 3.8) is 0 Å². The smallest absolute Gasteiger partial charge is 0.232 e. The van der Waals surface area contributed by atoms with Crippen LogP contribution in [0.25, 0.3) is 0 Å². The number of benzene rings is 1. The van der Waals surface area contributed by atoms with Crippen molar-refractivity contribution in [2.24, 2.45) is 0 Å². The monoisotopic (exact) mass is 221 g/mol. The first-order chi connectivity index (χ1) is 7.27. The van der Waals surface area contributed by atoms with Crippen molar-refractivity contribution in [2.45, 2.75) is 18.2 Å². The molecule has 1 amide bonds. The fourth-order valence-corrected chi connectivity index (χ4v) is 2.45. The van der Waals surface area contributed by atoms with E-state index in [-0.39, 0.29) is 5.91 Å². The molecule has 0 atom stereocenters. The number of amides is 1. The molecule has 1 heterocycles. The van der Waals surface area contributed by atoms with Crippen LogP contribution in [0.1, 0.15) is 12.0 Å². The molecule has 1 fully saturated rings. The van der Waals surface area contributed by atoms with Crippen LogP contribution >= 0.6 is 11.8 Å². The maximum absolute atomic E-state index is 11.6. The van der Waals surface area contributed by atoms with Crippen molar-refractivity contribution in [1.29, 1.82) is 0 Å². The van der Waals surface area contributed by atoms with Gasteiger partial charge in [0.2, 0.25) is 5.91 Å². The number of aryl methyl sites for hydroxylation is 1. The van der Waals surface area contributed by atoms with Gasteiger partial charge in [-0.1, -0.05) is 18.2 Å². The first kappa shape index (κ1) is 10.6. The van der Waals surface area contributed by atoms with Crippen LogP contribution in [-0.2, 0) is 4.79 Å². The maximum atomic E-state index is 11.6. The minimum Gasteiger partial charge on any atom is -0.342 e. The lowest BCUT2D eigenvalue weighted by atomic mass is 10.2. The number of nitrogens with zero attached hydrogens (tertiary/aromatic N) is 1. The fraction of sp³-hybridized carbons (Fsp3) is 0.417. The van der Waals surface area contributed by atoms with Gasteiger partial charge in [0.25, 0.3) is 0 Å². The second-order valence-electron chi connectivity index (χ2n) is 3.79. The van der Waals surface area contributed by atoms with Gasteiger partial charge in [0.15, 0.2) is 0 Å². The molecular formula is C12H15NOS. The molecule has 80 valence electrons. The Labute approximate surface area is 94.7 Å². The Hall–Kier alpha value is -0.960. The zero-order chi connectivity index (χ0) is 10.7. The highest BCUT2D eigenvalue weighted by atomic mass is 32.2. The molecule has 0 N–H and O–H groups in total. The third-order valence-corrected chi connectivity index (χ3v) is 3.81. The Morgan fingerprint density at radius 3 is 2.73 bits per heavy atom. The van der Waals surface area contributed by atoms with Crippen LogP contribution in [0.15, 0.2) is 29.2 Å². The predicted molar refractivity (Wildman–Crippen MR) is 63.1 cm³/mol. The number of likely N-dealkylation sites (tertiary alicyclic amines) is 1. The van der Waals surface area contributed by atoms with Gasteiger partial charge in [-0.2, -0.15) is 0 Å². The van der Waals surface area contributed by atoms with Gasteiger partial charge in [-0.3, -0.25) is 4.79 Å². The van der Waals surface area contributed by atoms with E-state index >= 15 is 0 Å². The maximum Gasteiger partial charge on any atom is 0.232 e. The first-order valence-electron chi connectivity index (χ1n) is 5.23. The van der Waals surface area contributed by atoms with E-state index in [4.69, 9.17) is 0 Å². The van der Waals surface area contributed by atoms with Crippen LogP contribution in [0.2, 0.25) is 0 Å². The molecule has 1 aliphatic heterocycles. The van der Waals surface area contributed by atoms with Gasteiger partial charge < -0.3 is 4.90 Å². The first-order valence-corrected chi connectivity index (χ1v) is 6.22. The normalized spacial score (nSPS) is 14.9. The summed E-state index contributed by atoms with van der Waals surface area (Å²) in [5.74, 6) is 0.847. The average molecular weight is 221 g/mol. The van der Waals surface area contributed by atoms with Crippen LogP contribution in [-0.4, -0.2) is 29.6 Å². The van der Waals surface area contributed by atoms with Gasteiger partial charge in [0.05, 0.1) is 5.75 Å². The van der Waals surface area contributed by atoms with E-state index in [0.29, 0.717) is 5.75 Å². The molecule has 0 aliphatic carbocycles. The third-order valence-electron chi connectivity index (χ3n) is 2.65. The summed E-state index contributed by atoms with van der Waals surface area (Å²) in [6.45, 7) is 3.98. The molecular weight excluding hydrogens is 206 g/mol. The van der Waals surface area contributed by atoms with E-state index in [1.807, 2.05) is 17.0 Å². The van der Waals surface area contributed by atoms with E-state index in [0.717, 1.165) is 13.1 Å². The van der Waals surface area contributed by atoms with E-state index in [2.05, 4.69) is 19.1 Å². The summed E-state index contributed by atoms with van der Waals surface area (Å²) in [5, 5.41) is 0. The molecule has 3 heteroatoms. The summed E-state index contributed by atoms with van der Waals surface area (Å²) in [5.41, 5.74) is 1.25. The van der Waals surface area contributed by atoms with Gasteiger partial charge in [-0.15, -0.1) is 11.8 Å². The van der Waals surface area contributed by atoms with E-state index in [1.54, 1.807) is 11.8 Å². The van der Waals surface area contributed by atoms with Gasteiger partial charge in [0, 0.05) is 18.0 Å². The van der Waals surface area contributed by atoms with E-state index in [1.165, 1.54) is 16.9 Å². The lowest BCUT2D eigenvalue weighted by Crippen LogP contribution is -2.43. The van der Waals surface area contributed by atoms with Crippen molar-refractivity contribution < 1.29 is 4.79 Å². The van der Waals surface area contributed by atoms with Crippen LogP contribution < -0.4 is 0 Å². The van der Waals surface area contributed by atoms with Crippen molar-refractivity contribution in [3.05, 3.63) is 29.8 Å². The van der Waals surface area contributed by atoms with Gasteiger partial charge in [-0.25, -0.2) is 0 Å². The summed E-state index contributed by atoms with van der Waals surface area (Å²) >= 11 is 1.64. The topological polar surface area (TPSA) is 20.3 Å². The molecule has 0 saturated carbocycles. The summed E-state index contributed by atoms with van der Waals surface area (Å²) < 4.78 is 0. The molecule has 0 bridgehead atoms. The van der Waals surface area contributed by atoms with Crippen molar-refractivity contribution in [1.82, 2.24) is 4.90 Å². The third kappa shape index (κ3) is 2.53. The SMILES string of the molecule is Cc1ccccc1SCC(=O)N1CCC1. The minimum atomic E-state index is 0.273. The Balaban J connectivity index is 1.87. The number of hydrogen-bond acceptors (Lipinski definition) is 2. The highest BCUT2D eigenvalue weighted by Gasteiger charge is 2.19. The second-order valence-corrected chi connectivity index (χ2v) is 4.81. The van der Waals surface area contributed by atoms with Crippen LogP contribution in [0.4, 0.5) is 0 Å². The Morgan fingerprint density at radius 2 is 2.13 bits per heavy atom. The number of thioether (sulfide) groups is 1. The minimum absolute atomic E-state index is 0.273. The molecule has 1 saturated heterocycles. The van der Waals surface area contributed by atoms with Gasteiger partial charge in [0.1, 0.15) is 0 Å². The molecule has 2 nitrogen and oxygen atoms in total. The zero-order valence-electron chi connectivity index (χ0n) is 8.90. The zero-order valence-corrected chi connectivity index (χ0v) is 9.72. The lowest BCUT2D eigenvalue weighted by Gasteiger charge is -2.30. The Bertz CT molecular complexity index is 360. The molecule has 15 heavy (non-hydrogen) atoms. The highest BCUT2D eigenvalue weighted by Crippen LogP contribution is 2.22. The van der Waals surface area contributed by atoms with Gasteiger partial charge >= 0.3 is 0 Å². The molecule has 0 spiro atoms. The molecule has 2 rings (SSSR count). The van der Waals surface area contributed by atoms with Crippen LogP contribution in [0, 0.1) is 6.92 Å². The molecule has 0 unspecified atom stereocenters. The largest absolute Gasteiger partial charge is 0.342 e. The average Bonchev–Trinajstić information content (AvgIpc) is 2.14. The molecule has 1 aromatic rings. The standard InChI is InChI=1S/C12H15NOS/c1-10-5-2-3-6-11(10)15-9-12(14)13-7-4-8-13/h2-3,5-6H,4,7-9H2,1H3. The van der Waals surface area contributed by atoms with Crippen molar-refractivity contribution in [2.75, 3.05) is 18.8 Å². The number of hydrogen-bond donors (Lipinski definition) is 0. The second kappa shape index (κ2) is 4.71. The number of carbonyl (C=O) groups is 1. The number of carbonyl (C=O) groups excluding carboxylic acids is 1. The summed E-state index contributed by atoms with van der Waals surface area (Å²) in [6, 6.07) is 8.19. The number of rotatable bonds is 3. The summed E-state index contributed by atoms with van der Waals surface area (Å²) in [6.07, 6.45) is 1.17.